The van der Waals surface area contributed by atoms with Gasteiger partial charge >= 0.3 is 0 Å². The zero-order chi connectivity index (χ0) is 13.2. The van der Waals surface area contributed by atoms with Crippen LogP contribution in [0.3, 0.4) is 0 Å². The number of hydrogen-bond donors (Lipinski definition) is 0. The van der Waals surface area contributed by atoms with E-state index in [1.54, 1.807) is 6.07 Å². The number of thioether (sulfide) groups is 1. The number of hydrogen-bond acceptors (Lipinski definition) is 2. The lowest BCUT2D eigenvalue weighted by Gasteiger charge is -2.13. The zero-order valence-corrected chi connectivity index (χ0v) is 12.5. The maximum atomic E-state index is 13.0. The minimum atomic E-state index is -0.263. The normalized spacial score (nSPS) is 17.3. The Morgan fingerprint density at radius 3 is 2.95 bits per heavy atom. The van der Waals surface area contributed by atoms with E-state index in [1.165, 1.54) is 22.6 Å². The summed E-state index contributed by atoms with van der Waals surface area (Å²) in [6.07, 6.45) is 0. The van der Waals surface area contributed by atoms with E-state index in [1.807, 2.05) is 11.8 Å². The molecule has 0 aromatic heterocycles. The van der Waals surface area contributed by atoms with Crippen molar-refractivity contribution in [3.63, 3.8) is 0 Å². The molecule has 0 radical (unpaired) electrons. The van der Waals surface area contributed by atoms with Gasteiger partial charge in [0.1, 0.15) is 11.6 Å². The summed E-state index contributed by atoms with van der Waals surface area (Å²) in [5.74, 6) is 1.87. The van der Waals surface area contributed by atoms with Gasteiger partial charge in [-0.2, -0.15) is 0 Å². The molecule has 1 nitrogen and oxygen atoms in total. The van der Waals surface area contributed by atoms with Crippen LogP contribution in [0.4, 0.5) is 4.39 Å². The fourth-order valence-corrected chi connectivity index (χ4v) is 3.85. The lowest BCUT2D eigenvalue weighted by atomic mass is 10.0. The summed E-state index contributed by atoms with van der Waals surface area (Å²) < 4.78 is 19.5. The highest BCUT2D eigenvalue weighted by atomic mass is 79.9. The van der Waals surface area contributed by atoms with Gasteiger partial charge in [0.15, 0.2) is 0 Å². The second kappa shape index (κ2) is 5.55. The molecule has 0 fully saturated rings. The Kier molecular flexibility index (Phi) is 3.80. The maximum Gasteiger partial charge on any atom is 0.133 e. The molecular formula is C15H12BrFOS. The molecule has 0 aliphatic carbocycles. The van der Waals surface area contributed by atoms with Gasteiger partial charge in [-0.15, -0.1) is 11.8 Å². The van der Waals surface area contributed by atoms with Crippen molar-refractivity contribution < 1.29 is 9.13 Å². The molecule has 1 unspecified atom stereocenters. The minimum absolute atomic E-state index is 0.263. The summed E-state index contributed by atoms with van der Waals surface area (Å²) in [7, 11) is 0. The molecule has 0 saturated carbocycles. The van der Waals surface area contributed by atoms with Crippen LogP contribution in [0.1, 0.15) is 11.5 Å². The van der Waals surface area contributed by atoms with E-state index in [2.05, 4.69) is 40.2 Å². The molecule has 98 valence electrons. The molecule has 2 aromatic carbocycles. The van der Waals surface area contributed by atoms with E-state index in [4.69, 9.17) is 4.74 Å². The van der Waals surface area contributed by atoms with E-state index in [9.17, 15) is 4.39 Å². The number of ether oxygens (including phenoxy) is 1. The topological polar surface area (TPSA) is 9.23 Å². The number of rotatable bonds is 3. The van der Waals surface area contributed by atoms with Crippen LogP contribution >= 0.6 is 27.7 Å². The van der Waals surface area contributed by atoms with Gasteiger partial charge in [0.2, 0.25) is 0 Å². The number of fused-ring (bicyclic) bond motifs is 1. The largest absolute Gasteiger partial charge is 0.492 e. The van der Waals surface area contributed by atoms with Crippen molar-refractivity contribution in [2.45, 2.75) is 10.8 Å². The second-order valence-corrected chi connectivity index (χ2v) is 6.35. The average Bonchev–Trinajstić information content (AvgIpc) is 2.81. The van der Waals surface area contributed by atoms with Crippen LogP contribution in [0, 0.1) is 5.82 Å². The first kappa shape index (κ1) is 13.0. The molecule has 2 aromatic rings. The van der Waals surface area contributed by atoms with Crippen LogP contribution in [-0.2, 0) is 0 Å². The Balaban J connectivity index is 1.71. The van der Waals surface area contributed by atoms with Gasteiger partial charge in [0.25, 0.3) is 0 Å². The van der Waals surface area contributed by atoms with Crippen molar-refractivity contribution in [3.05, 3.63) is 58.3 Å². The monoisotopic (exact) mass is 338 g/mol. The Morgan fingerprint density at radius 2 is 2.11 bits per heavy atom. The van der Waals surface area contributed by atoms with E-state index in [-0.39, 0.29) is 5.82 Å². The van der Waals surface area contributed by atoms with E-state index >= 15 is 0 Å². The van der Waals surface area contributed by atoms with Crippen molar-refractivity contribution in [2.24, 2.45) is 0 Å². The van der Waals surface area contributed by atoms with Gasteiger partial charge in [0.05, 0.1) is 11.1 Å². The molecule has 0 spiro atoms. The molecule has 0 saturated heterocycles. The van der Waals surface area contributed by atoms with Gasteiger partial charge in [-0.1, -0.05) is 18.2 Å². The Hall–Kier alpha value is -1.00. The molecule has 19 heavy (non-hydrogen) atoms. The van der Waals surface area contributed by atoms with Gasteiger partial charge in [0, 0.05) is 16.6 Å². The first-order valence-corrected chi connectivity index (χ1v) is 7.81. The minimum Gasteiger partial charge on any atom is -0.492 e. The third-order valence-corrected chi connectivity index (χ3v) is 5.00. The third kappa shape index (κ3) is 2.79. The molecule has 0 N–H and O–H groups in total. The van der Waals surface area contributed by atoms with E-state index < -0.39 is 0 Å². The van der Waals surface area contributed by atoms with Crippen molar-refractivity contribution in [3.8, 4) is 5.75 Å². The van der Waals surface area contributed by atoms with Crippen LogP contribution in [0.15, 0.2) is 51.8 Å². The molecular weight excluding hydrogens is 327 g/mol. The molecule has 0 amide bonds. The van der Waals surface area contributed by atoms with Gasteiger partial charge in [-0.3, -0.25) is 0 Å². The summed E-state index contributed by atoms with van der Waals surface area (Å²) in [6, 6.07) is 12.9. The fraction of sp³-hybridized carbons (Fsp3) is 0.200. The predicted octanol–water partition coefficient (Wildman–Crippen LogP) is 4.86. The van der Waals surface area contributed by atoms with Crippen LogP contribution in [0.5, 0.6) is 5.75 Å². The zero-order valence-electron chi connectivity index (χ0n) is 10.1. The average molecular weight is 339 g/mol. The molecule has 1 atom stereocenters. The first-order chi connectivity index (χ1) is 9.24. The van der Waals surface area contributed by atoms with Gasteiger partial charge < -0.3 is 4.74 Å². The molecule has 1 aliphatic heterocycles. The van der Waals surface area contributed by atoms with Crippen LogP contribution in [0.2, 0.25) is 0 Å². The smallest absolute Gasteiger partial charge is 0.133 e. The molecule has 1 aliphatic rings. The summed E-state index contributed by atoms with van der Waals surface area (Å²) in [5, 5.41) is 0. The van der Waals surface area contributed by atoms with Crippen molar-refractivity contribution in [2.75, 3.05) is 12.4 Å². The Labute approximate surface area is 124 Å². The summed E-state index contributed by atoms with van der Waals surface area (Å²) >= 11 is 5.18. The fourth-order valence-electron chi connectivity index (χ4n) is 2.15. The van der Waals surface area contributed by atoms with Crippen LogP contribution in [-0.4, -0.2) is 12.4 Å². The van der Waals surface area contributed by atoms with Crippen molar-refractivity contribution in [1.82, 2.24) is 0 Å². The highest BCUT2D eigenvalue weighted by Gasteiger charge is 2.23. The molecule has 0 bridgehead atoms. The highest BCUT2D eigenvalue weighted by Crippen LogP contribution is 2.39. The lowest BCUT2D eigenvalue weighted by molar-refractivity contribution is 0.296. The Bertz CT molecular complexity index is 602. The number of benzene rings is 2. The summed E-state index contributed by atoms with van der Waals surface area (Å²) in [4.78, 5) is 1.34. The SMILES string of the molecule is Fc1ccc(OCC2CSc3ccccc32)c(Br)c1. The predicted molar refractivity (Wildman–Crippen MR) is 79.5 cm³/mol. The summed E-state index contributed by atoms with van der Waals surface area (Å²) in [5.41, 5.74) is 1.35. The van der Waals surface area contributed by atoms with E-state index in [0.717, 1.165) is 5.75 Å². The molecule has 4 heteroatoms. The second-order valence-electron chi connectivity index (χ2n) is 4.43. The number of halogens is 2. The molecule has 1 heterocycles. The summed E-state index contributed by atoms with van der Waals surface area (Å²) in [6.45, 7) is 0.619. The lowest BCUT2D eigenvalue weighted by Crippen LogP contribution is -2.10. The quantitative estimate of drug-likeness (QED) is 0.790. The maximum absolute atomic E-state index is 13.0. The van der Waals surface area contributed by atoms with Crippen molar-refractivity contribution >= 4 is 27.7 Å². The van der Waals surface area contributed by atoms with Crippen LogP contribution in [0.25, 0.3) is 0 Å². The third-order valence-electron chi connectivity index (χ3n) is 3.13. The van der Waals surface area contributed by atoms with E-state index in [0.29, 0.717) is 22.7 Å². The first-order valence-electron chi connectivity index (χ1n) is 6.03. The van der Waals surface area contributed by atoms with Gasteiger partial charge in [-0.25, -0.2) is 4.39 Å². The van der Waals surface area contributed by atoms with Crippen molar-refractivity contribution in [1.29, 1.82) is 0 Å². The van der Waals surface area contributed by atoms with Crippen LogP contribution < -0.4 is 4.74 Å². The Morgan fingerprint density at radius 1 is 1.26 bits per heavy atom. The van der Waals surface area contributed by atoms with Gasteiger partial charge in [-0.05, 0) is 45.8 Å². The molecule has 3 rings (SSSR count). The standard InChI is InChI=1S/C15H12BrFOS/c16-13-7-11(17)5-6-14(13)18-8-10-9-19-15-4-2-1-3-12(10)15/h1-7,10H,8-9H2. The highest BCUT2D eigenvalue weighted by molar-refractivity contribution is 9.10.